The molecule has 0 bridgehead atoms. The van der Waals surface area contributed by atoms with Gasteiger partial charge in [0.1, 0.15) is 11.5 Å². The highest BCUT2D eigenvalue weighted by Crippen LogP contribution is 2.23. The van der Waals surface area contributed by atoms with Gasteiger partial charge in [-0.1, -0.05) is 0 Å². The van der Waals surface area contributed by atoms with Crippen LogP contribution in [0.3, 0.4) is 0 Å². The van der Waals surface area contributed by atoms with Gasteiger partial charge in [0, 0.05) is 12.6 Å². The molecular formula is C12H19N3O. The van der Waals surface area contributed by atoms with E-state index in [9.17, 15) is 0 Å². The Labute approximate surface area is 96.6 Å². The molecule has 16 heavy (non-hydrogen) atoms. The van der Waals surface area contributed by atoms with E-state index in [4.69, 9.17) is 15.4 Å². The van der Waals surface area contributed by atoms with Gasteiger partial charge >= 0.3 is 0 Å². The molecule has 4 heteroatoms. The van der Waals surface area contributed by atoms with Crippen molar-refractivity contribution in [3.05, 3.63) is 23.7 Å². The summed E-state index contributed by atoms with van der Waals surface area (Å²) in [6.07, 6.45) is 0.493. The zero-order valence-corrected chi connectivity index (χ0v) is 10.1. The molecule has 1 heterocycles. The Morgan fingerprint density at radius 3 is 2.69 bits per heavy atom. The predicted octanol–water partition coefficient (Wildman–Crippen LogP) is 1.82. The van der Waals surface area contributed by atoms with Gasteiger partial charge in [0.25, 0.3) is 0 Å². The molecule has 0 saturated heterocycles. The minimum absolute atomic E-state index is 0.0389. The first-order valence-corrected chi connectivity index (χ1v) is 5.45. The predicted molar refractivity (Wildman–Crippen MR) is 62.7 cm³/mol. The fourth-order valence-electron chi connectivity index (χ4n) is 1.70. The molecule has 0 amide bonds. The van der Waals surface area contributed by atoms with E-state index in [1.54, 1.807) is 0 Å². The highest BCUT2D eigenvalue weighted by molar-refractivity contribution is 5.10. The quantitative estimate of drug-likeness (QED) is 0.823. The fourth-order valence-corrected chi connectivity index (χ4v) is 1.70. The number of nitriles is 1. The third-order valence-corrected chi connectivity index (χ3v) is 2.89. The number of furan rings is 1. The third kappa shape index (κ3) is 2.84. The molecule has 2 atom stereocenters. The van der Waals surface area contributed by atoms with Crippen LogP contribution in [0.2, 0.25) is 0 Å². The van der Waals surface area contributed by atoms with Gasteiger partial charge in [-0.25, -0.2) is 0 Å². The molecule has 1 rings (SSSR count). The second kappa shape index (κ2) is 5.69. The molecule has 2 unspecified atom stereocenters. The van der Waals surface area contributed by atoms with Crippen molar-refractivity contribution in [2.24, 2.45) is 5.73 Å². The lowest BCUT2D eigenvalue weighted by molar-refractivity contribution is 0.169. The summed E-state index contributed by atoms with van der Waals surface area (Å²) in [4.78, 5) is 2.08. The molecule has 0 aliphatic heterocycles. The third-order valence-electron chi connectivity index (χ3n) is 2.89. The molecule has 1 aromatic rings. The van der Waals surface area contributed by atoms with Crippen LogP contribution < -0.4 is 5.73 Å². The summed E-state index contributed by atoms with van der Waals surface area (Å²) in [6.45, 7) is 4.41. The van der Waals surface area contributed by atoms with Crippen LogP contribution in [0, 0.1) is 18.3 Å². The molecule has 4 nitrogen and oxygen atoms in total. The summed E-state index contributed by atoms with van der Waals surface area (Å²) in [5.41, 5.74) is 5.76. The van der Waals surface area contributed by atoms with Gasteiger partial charge in [0.2, 0.25) is 0 Å². The van der Waals surface area contributed by atoms with Crippen molar-refractivity contribution >= 4 is 0 Å². The van der Waals surface area contributed by atoms with Crippen LogP contribution >= 0.6 is 0 Å². The van der Waals surface area contributed by atoms with Crippen molar-refractivity contribution in [3.63, 3.8) is 0 Å². The average molecular weight is 221 g/mol. The van der Waals surface area contributed by atoms with E-state index >= 15 is 0 Å². The van der Waals surface area contributed by atoms with Crippen molar-refractivity contribution in [2.75, 3.05) is 13.6 Å². The second-order valence-electron chi connectivity index (χ2n) is 4.08. The Kier molecular flexibility index (Phi) is 4.53. The first kappa shape index (κ1) is 12.8. The molecule has 0 aliphatic rings. The van der Waals surface area contributed by atoms with Crippen molar-refractivity contribution in [2.45, 2.75) is 32.4 Å². The second-order valence-corrected chi connectivity index (χ2v) is 4.08. The van der Waals surface area contributed by atoms with E-state index < -0.39 is 0 Å². The van der Waals surface area contributed by atoms with Gasteiger partial charge in [-0.15, -0.1) is 0 Å². The Hall–Kier alpha value is -1.31. The van der Waals surface area contributed by atoms with E-state index in [-0.39, 0.29) is 12.1 Å². The molecule has 2 N–H and O–H groups in total. The molecule has 0 aromatic carbocycles. The Balaban J connectivity index is 2.78. The van der Waals surface area contributed by atoms with Crippen molar-refractivity contribution in [1.29, 1.82) is 5.26 Å². The van der Waals surface area contributed by atoms with E-state index in [0.717, 1.165) is 11.5 Å². The van der Waals surface area contributed by atoms with Crippen LogP contribution in [0.5, 0.6) is 0 Å². The van der Waals surface area contributed by atoms with Gasteiger partial charge in [0.05, 0.1) is 18.5 Å². The molecule has 0 saturated carbocycles. The SMILES string of the molecule is Cc1ccc(C(CN)N(C)C(C)CC#N)o1. The maximum absolute atomic E-state index is 8.68. The number of rotatable bonds is 5. The van der Waals surface area contributed by atoms with Gasteiger partial charge in [-0.3, -0.25) is 4.90 Å². The lowest BCUT2D eigenvalue weighted by atomic mass is 10.1. The number of nitrogens with two attached hydrogens (primary N) is 1. The largest absolute Gasteiger partial charge is 0.465 e. The lowest BCUT2D eigenvalue weighted by Gasteiger charge is -2.29. The van der Waals surface area contributed by atoms with Crippen LogP contribution in [0.1, 0.15) is 30.9 Å². The van der Waals surface area contributed by atoms with Crippen molar-refractivity contribution in [1.82, 2.24) is 4.90 Å². The molecule has 88 valence electrons. The zero-order valence-electron chi connectivity index (χ0n) is 10.1. The summed E-state index contributed by atoms with van der Waals surface area (Å²) < 4.78 is 5.58. The maximum atomic E-state index is 8.68. The molecule has 0 spiro atoms. The van der Waals surface area contributed by atoms with Gasteiger partial charge < -0.3 is 10.2 Å². The summed E-state index contributed by atoms with van der Waals surface area (Å²) in [5.74, 6) is 1.75. The highest BCUT2D eigenvalue weighted by Gasteiger charge is 2.22. The van der Waals surface area contributed by atoms with E-state index in [1.807, 2.05) is 33.0 Å². The normalized spacial score (nSPS) is 14.8. The number of aryl methyl sites for hydroxylation is 1. The summed E-state index contributed by atoms with van der Waals surface area (Å²) >= 11 is 0. The molecular weight excluding hydrogens is 202 g/mol. The molecule has 0 aliphatic carbocycles. The zero-order chi connectivity index (χ0) is 12.1. The van der Waals surface area contributed by atoms with Crippen LogP contribution in [0.15, 0.2) is 16.5 Å². The first-order valence-electron chi connectivity index (χ1n) is 5.45. The van der Waals surface area contributed by atoms with Crippen molar-refractivity contribution < 1.29 is 4.42 Å². The van der Waals surface area contributed by atoms with Crippen LogP contribution in [-0.2, 0) is 0 Å². The highest BCUT2D eigenvalue weighted by atomic mass is 16.3. The smallest absolute Gasteiger partial charge is 0.122 e. The van der Waals surface area contributed by atoms with Crippen LogP contribution in [0.25, 0.3) is 0 Å². The standard InChI is InChI=1S/C12H19N3O/c1-9(6-7-13)15(3)11(8-14)12-5-4-10(2)16-12/h4-5,9,11H,6,8,14H2,1-3H3. The van der Waals surface area contributed by atoms with Crippen molar-refractivity contribution in [3.8, 4) is 6.07 Å². The number of hydrogen-bond acceptors (Lipinski definition) is 4. The summed E-state index contributed by atoms with van der Waals surface area (Å²) in [6, 6.07) is 6.26. The lowest BCUT2D eigenvalue weighted by Crippen LogP contribution is -2.36. The van der Waals surface area contributed by atoms with Crippen LogP contribution in [-0.4, -0.2) is 24.5 Å². The Morgan fingerprint density at radius 1 is 1.56 bits per heavy atom. The molecule has 1 aromatic heterocycles. The summed E-state index contributed by atoms with van der Waals surface area (Å²) in [7, 11) is 1.97. The fraction of sp³-hybridized carbons (Fsp3) is 0.583. The number of likely N-dealkylation sites (N-methyl/N-ethyl adjacent to an activating group) is 1. The molecule has 0 radical (unpaired) electrons. The number of hydrogen-bond donors (Lipinski definition) is 1. The minimum atomic E-state index is 0.0389. The van der Waals surface area contributed by atoms with E-state index in [2.05, 4.69) is 11.0 Å². The first-order chi connectivity index (χ1) is 7.60. The Bertz CT molecular complexity index is 367. The summed E-state index contributed by atoms with van der Waals surface area (Å²) in [5, 5.41) is 8.68. The Morgan fingerprint density at radius 2 is 2.25 bits per heavy atom. The van der Waals surface area contributed by atoms with E-state index in [0.29, 0.717) is 13.0 Å². The maximum Gasteiger partial charge on any atom is 0.122 e. The molecule has 0 fully saturated rings. The van der Waals surface area contributed by atoms with E-state index in [1.165, 1.54) is 0 Å². The topological polar surface area (TPSA) is 66.2 Å². The number of nitrogens with zero attached hydrogens (tertiary/aromatic N) is 2. The average Bonchev–Trinajstić information content (AvgIpc) is 2.66. The monoisotopic (exact) mass is 221 g/mol. The van der Waals surface area contributed by atoms with Gasteiger partial charge in [0.15, 0.2) is 0 Å². The van der Waals surface area contributed by atoms with Crippen LogP contribution in [0.4, 0.5) is 0 Å². The van der Waals surface area contributed by atoms with Gasteiger partial charge in [-0.2, -0.15) is 5.26 Å². The minimum Gasteiger partial charge on any atom is -0.465 e. The van der Waals surface area contributed by atoms with Gasteiger partial charge in [-0.05, 0) is 33.0 Å².